The zero-order chi connectivity index (χ0) is 19.3. The van der Waals surface area contributed by atoms with Gasteiger partial charge < -0.3 is 19.7 Å². The molecule has 0 spiro atoms. The van der Waals surface area contributed by atoms with E-state index in [1.807, 2.05) is 7.05 Å². The molecule has 0 saturated carbocycles. The van der Waals surface area contributed by atoms with Crippen LogP contribution in [0.15, 0.2) is 10.4 Å². The minimum atomic E-state index is 0. The van der Waals surface area contributed by atoms with Crippen LogP contribution in [0.5, 0.6) is 0 Å². The van der Waals surface area contributed by atoms with Crippen molar-refractivity contribution in [1.82, 2.24) is 15.2 Å². The second-order valence-electron chi connectivity index (χ2n) is 8.43. The molecule has 1 unspecified atom stereocenters. The lowest BCUT2D eigenvalue weighted by molar-refractivity contribution is -0.0367. The van der Waals surface area contributed by atoms with Crippen LogP contribution in [0.1, 0.15) is 57.2 Å². The van der Waals surface area contributed by atoms with Crippen LogP contribution >= 0.6 is 35.3 Å². The minimum absolute atomic E-state index is 0. The molecule has 2 fully saturated rings. The molecule has 28 heavy (non-hydrogen) atoms. The van der Waals surface area contributed by atoms with Gasteiger partial charge in [-0.05, 0) is 25.7 Å². The molecule has 1 N–H and O–H groups in total. The van der Waals surface area contributed by atoms with Gasteiger partial charge >= 0.3 is 0 Å². The number of halogens is 1. The molecule has 0 amide bonds. The number of hydrogen-bond donors (Lipinski definition) is 1. The molecule has 8 heteroatoms. The number of aromatic nitrogens is 1. The third kappa shape index (κ3) is 6.81. The number of ether oxygens (including phenoxy) is 2. The summed E-state index contributed by atoms with van der Waals surface area (Å²) in [6.45, 7) is 10.9. The molecule has 0 aliphatic carbocycles. The highest BCUT2D eigenvalue weighted by Crippen LogP contribution is 2.24. The molecule has 1 aromatic rings. The van der Waals surface area contributed by atoms with Crippen molar-refractivity contribution in [2.24, 2.45) is 4.99 Å². The number of nitrogens with one attached hydrogen (secondary N) is 1. The van der Waals surface area contributed by atoms with Crippen molar-refractivity contribution in [3.63, 3.8) is 0 Å². The normalized spacial score (nSPS) is 21.6. The van der Waals surface area contributed by atoms with Crippen molar-refractivity contribution >= 4 is 41.3 Å². The van der Waals surface area contributed by atoms with Gasteiger partial charge in [-0.2, -0.15) is 0 Å². The maximum Gasteiger partial charge on any atom is 0.193 e. The van der Waals surface area contributed by atoms with E-state index in [4.69, 9.17) is 14.5 Å². The number of hydrogen-bond acceptors (Lipinski definition) is 5. The van der Waals surface area contributed by atoms with E-state index in [1.54, 1.807) is 11.3 Å². The standard InChI is InChI=1S/C20H34N4O2S.HI/c1-20(2,3)17-14-27-18(23-17)12-22-19(21-4)24-9-7-15(8-10-24)26-13-16-6-5-11-25-16;/h14-16H,5-13H2,1-4H3,(H,21,22);1H. The smallest absolute Gasteiger partial charge is 0.193 e. The Morgan fingerprint density at radius 3 is 2.68 bits per heavy atom. The Morgan fingerprint density at radius 1 is 1.36 bits per heavy atom. The van der Waals surface area contributed by atoms with Crippen LogP contribution in [0.2, 0.25) is 0 Å². The fraction of sp³-hybridized carbons (Fsp3) is 0.800. The third-order valence-electron chi connectivity index (χ3n) is 5.21. The summed E-state index contributed by atoms with van der Waals surface area (Å²) in [6, 6.07) is 0. The highest BCUT2D eigenvalue weighted by atomic mass is 127. The molecule has 160 valence electrons. The van der Waals surface area contributed by atoms with Gasteiger partial charge in [0.1, 0.15) is 5.01 Å². The van der Waals surface area contributed by atoms with E-state index in [9.17, 15) is 0 Å². The lowest BCUT2D eigenvalue weighted by atomic mass is 9.93. The van der Waals surface area contributed by atoms with Crippen molar-refractivity contribution in [2.75, 3.05) is 33.4 Å². The number of guanidine groups is 1. The predicted molar refractivity (Wildman–Crippen MR) is 126 cm³/mol. The van der Waals surface area contributed by atoms with Gasteiger partial charge in [-0.15, -0.1) is 35.3 Å². The van der Waals surface area contributed by atoms with Gasteiger partial charge in [-0.3, -0.25) is 4.99 Å². The lowest BCUT2D eigenvalue weighted by Crippen LogP contribution is -2.47. The summed E-state index contributed by atoms with van der Waals surface area (Å²) in [5.41, 5.74) is 1.26. The van der Waals surface area contributed by atoms with Gasteiger partial charge in [0.25, 0.3) is 0 Å². The molecular formula is C20H35IN4O2S. The van der Waals surface area contributed by atoms with Gasteiger partial charge in [0.05, 0.1) is 31.1 Å². The molecule has 0 aromatic carbocycles. The highest BCUT2D eigenvalue weighted by molar-refractivity contribution is 14.0. The van der Waals surface area contributed by atoms with Gasteiger partial charge in [0.15, 0.2) is 5.96 Å². The van der Waals surface area contributed by atoms with Gasteiger partial charge in [-0.25, -0.2) is 4.98 Å². The van der Waals surface area contributed by atoms with Gasteiger partial charge in [0.2, 0.25) is 0 Å². The van der Waals surface area contributed by atoms with Crippen LogP contribution in [0.3, 0.4) is 0 Å². The van der Waals surface area contributed by atoms with E-state index < -0.39 is 0 Å². The zero-order valence-electron chi connectivity index (χ0n) is 17.6. The summed E-state index contributed by atoms with van der Waals surface area (Å²) in [5, 5.41) is 6.75. The SMILES string of the molecule is CN=C(NCc1nc(C(C)(C)C)cs1)N1CCC(OCC2CCCO2)CC1.I. The molecule has 0 bridgehead atoms. The number of rotatable bonds is 5. The molecule has 0 radical (unpaired) electrons. The number of likely N-dealkylation sites (tertiary alicyclic amines) is 1. The van der Waals surface area contributed by atoms with E-state index in [-0.39, 0.29) is 29.4 Å². The summed E-state index contributed by atoms with van der Waals surface area (Å²) in [5.74, 6) is 0.958. The molecule has 2 aliphatic heterocycles. The zero-order valence-corrected chi connectivity index (χ0v) is 20.7. The first-order chi connectivity index (χ1) is 13.0. The minimum Gasteiger partial charge on any atom is -0.376 e. The van der Waals surface area contributed by atoms with E-state index in [0.717, 1.165) is 68.8 Å². The lowest BCUT2D eigenvalue weighted by Gasteiger charge is -2.34. The topological polar surface area (TPSA) is 59.0 Å². The van der Waals surface area contributed by atoms with E-state index >= 15 is 0 Å². The number of aliphatic imine (C=N–C) groups is 1. The Hall–Kier alpha value is -0.450. The number of thiazole rings is 1. The Labute approximate surface area is 190 Å². The average Bonchev–Trinajstić information content (AvgIpc) is 3.33. The maximum absolute atomic E-state index is 6.07. The van der Waals surface area contributed by atoms with Crippen LogP contribution in [-0.4, -0.2) is 61.4 Å². The van der Waals surface area contributed by atoms with Crippen molar-refractivity contribution in [2.45, 2.75) is 70.6 Å². The largest absolute Gasteiger partial charge is 0.376 e. The van der Waals surface area contributed by atoms with Crippen LogP contribution in [0.25, 0.3) is 0 Å². The number of nitrogens with zero attached hydrogens (tertiary/aromatic N) is 3. The second-order valence-corrected chi connectivity index (χ2v) is 9.37. The molecule has 1 atom stereocenters. The third-order valence-corrected chi connectivity index (χ3v) is 6.06. The maximum atomic E-state index is 6.07. The van der Waals surface area contributed by atoms with Crippen LogP contribution in [-0.2, 0) is 21.4 Å². The average molecular weight is 522 g/mol. The van der Waals surface area contributed by atoms with Crippen LogP contribution in [0.4, 0.5) is 0 Å². The van der Waals surface area contributed by atoms with Crippen molar-refractivity contribution < 1.29 is 9.47 Å². The predicted octanol–water partition coefficient (Wildman–Crippen LogP) is 3.79. The summed E-state index contributed by atoms with van der Waals surface area (Å²) in [7, 11) is 1.85. The summed E-state index contributed by atoms with van der Waals surface area (Å²) in [4.78, 5) is 11.5. The molecule has 3 heterocycles. The number of piperidine rings is 1. The van der Waals surface area contributed by atoms with Crippen molar-refractivity contribution in [3.8, 4) is 0 Å². The molecular weight excluding hydrogens is 487 g/mol. The van der Waals surface area contributed by atoms with Crippen molar-refractivity contribution in [1.29, 1.82) is 0 Å². The van der Waals surface area contributed by atoms with Gasteiger partial charge in [-0.1, -0.05) is 20.8 Å². The summed E-state index contributed by atoms with van der Waals surface area (Å²) >= 11 is 1.72. The molecule has 2 aliphatic rings. The Balaban J connectivity index is 0.00000280. The van der Waals surface area contributed by atoms with E-state index in [0.29, 0.717) is 12.2 Å². The van der Waals surface area contributed by atoms with Crippen LogP contribution < -0.4 is 5.32 Å². The molecule has 2 saturated heterocycles. The van der Waals surface area contributed by atoms with E-state index in [1.165, 1.54) is 6.42 Å². The highest BCUT2D eigenvalue weighted by Gasteiger charge is 2.24. The first-order valence-corrected chi connectivity index (χ1v) is 11.0. The fourth-order valence-electron chi connectivity index (χ4n) is 3.48. The fourth-order valence-corrected chi connectivity index (χ4v) is 4.44. The summed E-state index contributed by atoms with van der Waals surface area (Å²) < 4.78 is 11.7. The monoisotopic (exact) mass is 522 g/mol. The molecule has 1 aromatic heterocycles. The Kier molecular flexibility index (Phi) is 9.43. The second kappa shape index (κ2) is 11.1. The Morgan fingerprint density at radius 2 is 2.11 bits per heavy atom. The quantitative estimate of drug-likeness (QED) is 0.362. The van der Waals surface area contributed by atoms with E-state index in [2.05, 4.69) is 41.4 Å². The summed E-state index contributed by atoms with van der Waals surface area (Å²) in [6.07, 6.45) is 5.05. The first-order valence-electron chi connectivity index (χ1n) is 10.1. The van der Waals surface area contributed by atoms with Gasteiger partial charge in [0, 0.05) is 37.5 Å². The van der Waals surface area contributed by atoms with Crippen LogP contribution in [0, 0.1) is 0 Å². The van der Waals surface area contributed by atoms with Crippen molar-refractivity contribution in [3.05, 3.63) is 16.1 Å². The molecule has 3 rings (SSSR count). The Bertz CT molecular complexity index is 618. The first kappa shape index (κ1) is 23.8. The molecule has 6 nitrogen and oxygen atoms in total.